The molecular weight excluding hydrogens is 262 g/mol. The predicted octanol–water partition coefficient (Wildman–Crippen LogP) is 3.50. The molecule has 0 amide bonds. The van der Waals surface area contributed by atoms with Gasteiger partial charge in [-0.2, -0.15) is 0 Å². The van der Waals surface area contributed by atoms with Gasteiger partial charge in [-0.1, -0.05) is 34.6 Å². The number of hydrogen-bond donors (Lipinski definition) is 1. The van der Waals surface area contributed by atoms with Gasteiger partial charge in [-0.25, -0.2) is 0 Å². The van der Waals surface area contributed by atoms with Crippen LogP contribution in [0, 0.1) is 17.3 Å². The Labute approximate surface area is 131 Å². The molecular formula is C18H35NO2. The lowest BCUT2D eigenvalue weighted by molar-refractivity contribution is -0.127. The minimum absolute atomic E-state index is 0.162. The van der Waals surface area contributed by atoms with Crippen LogP contribution in [-0.4, -0.2) is 41.5 Å². The Kier molecular flexibility index (Phi) is 7.35. The van der Waals surface area contributed by atoms with E-state index in [0.29, 0.717) is 24.3 Å². The molecule has 0 spiro atoms. The zero-order chi connectivity index (χ0) is 16.0. The van der Waals surface area contributed by atoms with E-state index in [-0.39, 0.29) is 17.9 Å². The standard InChI is InChI=1S/C18H35NO2/c1-6-16(7-2)19(10-11-20)13-14-12-15(18(3,4)5)8-9-17(14)21/h14-16,20H,6-13H2,1-5H3. The summed E-state index contributed by atoms with van der Waals surface area (Å²) in [5.74, 6) is 1.23. The highest BCUT2D eigenvalue weighted by Crippen LogP contribution is 2.39. The van der Waals surface area contributed by atoms with Gasteiger partial charge in [0.2, 0.25) is 0 Å². The molecule has 0 bridgehead atoms. The second kappa shape index (κ2) is 8.28. The summed E-state index contributed by atoms with van der Waals surface area (Å²) in [6.07, 6.45) is 4.97. The van der Waals surface area contributed by atoms with Gasteiger partial charge < -0.3 is 5.11 Å². The first kappa shape index (κ1) is 18.6. The van der Waals surface area contributed by atoms with Crippen molar-refractivity contribution in [1.82, 2.24) is 4.90 Å². The summed E-state index contributed by atoms with van der Waals surface area (Å²) in [4.78, 5) is 14.7. The highest BCUT2D eigenvalue weighted by molar-refractivity contribution is 5.82. The lowest BCUT2D eigenvalue weighted by atomic mass is 9.68. The van der Waals surface area contributed by atoms with Crippen LogP contribution in [0.2, 0.25) is 0 Å². The van der Waals surface area contributed by atoms with Crippen molar-refractivity contribution < 1.29 is 9.90 Å². The Morgan fingerprint density at radius 1 is 1.29 bits per heavy atom. The molecule has 1 fully saturated rings. The SMILES string of the molecule is CCC(CC)N(CCO)CC1CC(C(C)(C)C)CCC1=O. The lowest BCUT2D eigenvalue weighted by Gasteiger charge is -2.40. The molecule has 1 N–H and O–H groups in total. The number of aliphatic hydroxyl groups is 1. The van der Waals surface area contributed by atoms with Gasteiger partial charge in [0.05, 0.1) is 6.61 Å². The molecule has 0 saturated heterocycles. The number of aliphatic hydroxyl groups excluding tert-OH is 1. The van der Waals surface area contributed by atoms with Gasteiger partial charge in [-0.15, -0.1) is 0 Å². The largest absolute Gasteiger partial charge is 0.395 e. The second-order valence-corrected chi connectivity index (χ2v) is 7.69. The van der Waals surface area contributed by atoms with Crippen LogP contribution in [0.4, 0.5) is 0 Å². The summed E-state index contributed by atoms with van der Waals surface area (Å²) in [7, 11) is 0. The van der Waals surface area contributed by atoms with Crippen molar-refractivity contribution in [1.29, 1.82) is 0 Å². The highest BCUT2D eigenvalue weighted by atomic mass is 16.3. The summed E-state index contributed by atoms with van der Waals surface area (Å²) in [5.41, 5.74) is 0.287. The van der Waals surface area contributed by atoms with E-state index in [4.69, 9.17) is 0 Å². The van der Waals surface area contributed by atoms with Crippen LogP contribution in [0.5, 0.6) is 0 Å². The molecule has 1 aliphatic rings. The zero-order valence-corrected chi connectivity index (χ0v) is 14.7. The van der Waals surface area contributed by atoms with E-state index in [1.54, 1.807) is 0 Å². The second-order valence-electron chi connectivity index (χ2n) is 7.69. The molecule has 2 unspecified atom stereocenters. The number of hydrogen-bond acceptors (Lipinski definition) is 3. The van der Waals surface area contributed by atoms with E-state index in [9.17, 15) is 9.90 Å². The van der Waals surface area contributed by atoms with Gasteiger partial charge >= 0.3 is 0 Å². The summed E-state index contributed by atoms with van der Waals surface area (Å²) < 4.78 is 0. The van der Waals surface area contributed by atoms with Gasteiger partial charge in [-0.3, -0.25) is 9.69 Å². The van der Waals surface area contributed by atoms with E-state index in [2.05, 4.69) is 39.5 Å². The van der Waals surface area contributed by atoms with Crippen molar-refractivity contribution in [3.8, 4) is 0 Å². The normalized spacial score (nSPS) is 24.1. The van der Waals surface area contributed by atoms with Gasteiger partial charge in [-0.05, 0) is 37.0 Å². The molecule has 3 heteroatoms. The topological polar surface area (TPSA) is 40.5 Å². The number of ketones is 1. The monoisotopic (exact) mass is 297 g/mol. The van der Waals surface area contributed by atoms with Gasteiger partial charge in [0.25, 0.3) is 0 Å². The first-order chi connectivity index (χ1) is 9.83. The zero-order valence-electron chi connectivity index (χ0n) is 14.7. The Hall–Kier alpha value is -0.410. The summed E-state index contributed by atoms with van der Waals surface area (Å²) in [6.45, 7) is 13.0. The van der Waals surface area contributed by atoms with Crippen molar-refractivity contribution in [2.45, 2.75) is 72.8 Å². The molecule has 0 aromatic heterocycles. The molecule has 124 valence electrons. The van der Waals surface area contributed by atoms with Crippen LogP contribution >= 0.6 is 0 Å². The summed E-state index contributed by atoms with van der Waals surface area (Å²) in [6, 6.07) is 0.486. The van der Waals surface area contributed by atoms with Gasteiger partial charge in [0.1, 0.15) is 5.78 Å². The Morgan fingerprint density at radius 2 is 1.90 bits per heavy atom. The average molecular weight is 297 g/mol. The molecule has 21 heavy (non-hydrogen) atoms. The first-order valence-corrected chi connectivity index (χ1v) is 8.71. The third kappa shape index (κ3) is 5.37. The minimum Gasteiger partial charge on any atom is -0.395 e. The van der Waals surface area contributed by atoms with Crippen LogP contribution in [-0.2, 0) is 4.79 Å². The number of rotatable bonds is 7. The molecule has 2 atom stereocenters. The molecule has 0 aromatic rings. The number of Topliss-reactive ketones (excluding diaryl/α,β-unsaturated/α-hetero) is 1. The third-order valence-corrected chi connectivity index (χ3v) is 5.29. The number of nitrogens with zero attached hydrogens (tertiary/aromatic N) is 1. The summed E-state index contributed by atoms with van der Waals surface area (Å²) in [5, 5.41) is 9.33. The van der Waals surface area contributed by atoms with Crippen LogP contribution in [0.1, 0.15) is 66.7 Å². The van der Waals surface area contributed by atoms with Crippen molar-refractivity contribution >= 4 is 5.78 Å². The van der Waals surface area contributed by atoms with Crippen LogP contribution in [0.25, 0.3) is 0 Å². The van der Waals surface area contributed by atoms with Crippen LogP contribution < -0.4 is 0 Å². The Morgan fingerprint density at radius 3 is 2.38 bits per heavy atom. The highest BCUT2D eigenvalue weighted by Gasteiger charge is 2.36. The maximum absolute atomic E-state index is 12.3. The molecule has 3 nitrogen and oxygen atoms in total. The molecule has 1 aliphatic carbocycles. The Balaban J connectivity index is 2.73. The molecule has 1 saturated carbocycles. The quantitative estimate of drug-likeness (QED) is 0.782. The van der Waals surface area contributed by atoms with Crippen molar-refractivity contribution in [3.63, 3.8) is 0 Å². The predicted molar refractivity (Wildman–Crippen MR) is 88.3 cm³/mol. The van der Waals surface area contributed by atoms with Crippen molar-refractivity contribution in [3.05, 3.63) is 0 Å². The smallest absolute Gasteiger partial charge is 0.137 e. The van der Waals surface area contributed by atoms with E-state index < -0.39 is 0 Å². The average Bonchev–Trinajstić information content (AvgIpc) is 2.41. The first-order valence-electron chi connectivity index (χ1n) is 8.71. The Bertz CT molecular complexity index is 318. The molecule has 0 aliphatic heterocycles. The molecule has 0 radical (unpaired) electrons. The minimum atomic E-state index is 0.162. The van der Waals surface area contributed by atoms with Crippen molar-refractivity contribution in [2.24, 2.45) is 17.3 Å². The van der Waals surface area contributed by atoms with Crippen LogP contribution in [0.3, 0.4) is 0 Å². The molecule has 0 aromatic carbocycles. The van der Waals surface area contributed by atoms with Crippen LogP contribution in [0.15, 0.2) is 0 Å². The van der Waals surface area contributed by atoms with Gasteiger partial charge in [0.15, 0.2) is 0 Å². The van der Waals surface area contributed by atoms with E-state index >= 15 is 0 Å². The fourth-order valence-corrected chi connectivity index (χ4v) is 3.72. The van der Waals surface area contributed by atoms with E-state index in [1.807, 2.05) is 0 Å². The lowest BCUT2D eigenvalue weighted by Crippen LogP contribution is -2.44. The maximum Gasteiger partial charge on any atom is 0.137 e. The fourth-order valence-electron chi connectivity index (χ4n) is 3.72. The van der Waals surface area contributed by atoms with E-state index in [0.717, 1.165) is 38.6 Å². The summed E-state index contributed by atoms with van der Waals surface area (Å²) >= 11 is 0. The number of carbonyl (C=O) groups is 1. The third-order valence-electron chi connectivity index (χ3n) is 5.29. The fraction of sp³-hybridized carbons (Fsp3) is 0.944. The van der Waals surface area contributed by atoms with E-state index in [1.165, 1.54) is 0 Å². The maximum atomic E-state index is 12.3. The molecule has 1 rings (SSSR count). The van der Waals surface area contributed by atoms with Crippen molar-refractivity contribution in [2.75, 3.05) is 19.7 Å². The molecule has 0 heterocycles. The van der Waals surface area contributed by atoms with Gasteiger partial charge in [0, 0.05) is 31.5 Å². The number of carbonyl (C=O) groups excluding carboxylic acids is 1.